The highest BCUT2D eigenvalue weighted by molar-refractivity contribution is 7.98. The van der Waals surface area contributed by atoms with Gasteiger partial charge in [0, 0.05) is 18.5 Å². The molecule has 0 spiro atoms. The van der Waals surface area contributed by atoms with Gasteiger partial charge in [-0.3, -0.25) is 0 Å². The van der Waals surface area contributed by atoms with Gasteiger partial charge in [-0.25, -0.2) is 4.98 Å². The van der Waals surface area contributed by atoms with Crippen LogP contribution in [0.5, 0.6) is 0 Å². The molecular weight excluding hydrogens is 274 g/mol. The smallest absolute Gasteiger partial charge is 0.204 e. The van der Waals surface area contributed by atoms with E-state index in [-0.39, 0.29) is 5.41 Å². The molecular formula is C13H21N5OS. The maximum atomic E-state index is 5.76. The Hall–Kier alpha value is -1.34. The molecule has 2 aromatic rings. The number of oxazole rings is 1. The fourth-order valence-electron chi connectivity index (χ4n) is 1.70. The summed E-state index contributed by atoms with van der Waals surface area (Å²) in [6.07, 6.45) is 1.80. The molecule has 0 amide bonds. The van der Waals surface area contributed by atoms with Crippen LogP contribution in [0.2, 0.25) is 0 Å². The second kappa shape index (κ2) is 5.97. The molecule has 0 radical (unpaired) electrons. The highest BCUT2D eigenvalue weighted by Gasteiger charge is 2.19. The fraction of sp³-hybridized carbons (Fsp3) is 0.615. The third-order valence-electron chi connectivity index (χ3n) is 2.87. The fourth-order valence-corrected chi connectivity index (χ4v) is 2.57. The van der Waals surface area contributed by atoms with Gasteiger partial charge >= 0.3 is 0 Å². The minimum absolute atomic E-state index is 0.0217. The molecule has 2 heterocycles. The molecule has 2 aromatic heterocycles. The quantitative estimate of drug-likeness (QED) is 0.851. The van der Waals surface area contributed by atoms with Gasteiger partial charge in [0.2, 0.25) is 5.89 Å². The number of hydrogen-bond acceptors (Lipinski definition) is 6. The van der Waals surface area contributed by atoms with E-state index in [9.17, 15) is 0 Å². The third kappa shape index (κ3) is 3.40. The molecule has 0 bridgehead atoms. The van der Waals surface area contributed by atoms with Gasteiger partial charge in [-0.05, 0) is 6.92 Å². The minimum atomic E-state index is -0.0217. The highest BCUT2D eigenvalue weighted by Crippen LogP contribution is 2.26. The molecule has 7 heteroatoms. The summed E-state index contributed by atoms with van der Waals surface area (Å²) < 4.78 is 7.77. The number of aryl methyl sites for hydroxylation is 1. The summed E-state index contributed by atoms with van der Waals surface area (Å²) in [4.78, 5) is 4.31. The Bertz CT molecular complexity index is 570. The van der Waals surface area contributed by atoms with Crippen LogP contribution in [0.4, 0.5) is 0 Å². The standard InChI is InChI=1S/C13H21N5OS/c1-9-16-17-12(18(9)6-5-14)20-8-11-15-7-10(19-11)13(2,3)4/h7H,5-6,8,14H2,1-4H3. The van der Waals surface area contributed by atoms with Gasteiger partial charge in [-0.2, -0.15) is 0 Å². The molecule has 0 atom stereocenters. The largest absolute Gasteiger partial charge is 0.444 e. The van der Waals surface area contributed by atoms with Gasteiger partial charge in [-0.1, -0.05) is 32.5 Å². The summed E-state index contributed by atoms with van der Waals surface area (Å²) in [5.74, 6) is 3.12. The Morgan fingerprint density at radius 2 is 2.10 bits per heavy atom. The molecule has 0 saturated heterocycles. The lowest BCUT2D eigenvalue weighted by atomic mass is 9.94. The van der Waals surface area contributed by atoms with Gasteiger partial charge in [-0.15, -0.1) is 10.2 Å². The molecule has 0 saturated carbocycles. The van der Waals surface area contributed by atoms with Gasteiger partial charge in [0.1, 0.15) is 11.6 Å². The number of hydrogen-bond donors (Lipinski definition) is 1. The van der Waals surface area contributed by atoms with Crippen LogP contribution in [0, 0.1) is 6.92 Å². The van der Waals surface area contributed by atoms with Crippen LogP contribution >= 0.6 is 11.8 Å². The lowest BCUT2D eigenvalue weighted by molar-refractivity contribution is 0.390. The Labute approximate surface area is 123 Å². The van der Waals surface area contributed by atoms with Crippen molar-refractivity contribution in [3.8, 4) is 0 Å². The zero-order chi connectivity index (χ0) is 14.8. The third-order valence-corrected chi connectivity index (χ3v) is 3.82. The first-order valence-electron chi connectivity index (χ1n) is 6.59. The normalized spacial score (nSPS) is 12.1. The monoisotopic (exact) mass is 295 g/mol. The van der Waals surface area contributed by atoms with E-state index in [1.807, 2.05) is 11.5 Å². The zero-order valence-corrected chi connectivity index (χ0v) is 13.2. The van der Waals surface area contributed by atoms with Gasteiger partial charge in [0.25, 0.3) is 0 Å². The van der Waals surface area contributed by atoms with Crippen molar-refractivity contribution in [1.29, 1.82) is 0 Å². The summed E-state index contributed by atoms with van der Waals surface area (Å²) in [7, 11) is 0. The highest BCUT2D eigenvalue weighted by atomic mass is 32.2. The van der Waals surface area contributed by atoms with E-state index in [0.29, 0.717) is 18.2 Å². The van der Waals surface area contributed by atoms with E-state index in [1.165, 1.54) is 0 Å². The Morgan fingerprint density at radius 3 is 2.70 bits per heavy atom. The molecule has 0 aliphatic heterocycles. The van der Waals surface area contributed by atoms with Gasteiger partial charge < -0.3 is 14.7 Å². The molecule has 20 heavy (non-hydrogen) atoms. The molecule has 2 N–H and O–H groups in total. The lowest BCUT2D eigenvalue weighted by Gasteiger charge is -2.13. The van der Waals surface area contributed by atoms with Crippen LogP contribution in [0.3, 0.4) is 0 Å². The first kappa shape index (κ1) is 15.1. The molecule has 2 rings (SSSR count). The van der Waals surface area contributed by atoms with Gasteiger partial charge in [0.05, 0.1) is 11.9 Å². The van der Waals surface area contributed by atoms with Crippen LogP contribution in [0.15, 0.2) is 15.8 Å². The van der Waals surface area contributed by atoms with Crippen molar-refractivity contribution in [2.75, 3.05) is 6.54 Å². The van der Waals surface area contributed by atoms with Crippen molar-refractivity contribution < 1.29 is 4.42 Å². The van der Waals surface area contributed by atoms with E-state index in [4.69, 9.17) is 10.2 Å². The average molecular weight is 295 g/mol. The van der Waals surface area contributed by atoms with Gasteiger partial charge in [0.15, 0.2) is 5.16 Å². The van der Waals surface area contributed by atoms with Crippen molar-refractivity contribution in [3.63, 3.8) is 0 Å². The van der Waals surface area contributed by atoms with Crippen molar-refractivity contribution in [2.45, 2.75) is 50.6 Å². The minimum Gasteiger partial charge on any atom is -0.444 e. The molecule has 0 aliphatic carbocycles. The molecule has 0 fully saturated rings. The summed E-state index contributed by atoms with van der Waals surface area (Å²) in [6.45, 7) is 9.53. The lowest BCUT2D eigenvalue weighted by Crippen LogP contribution is -2.12. The van der Waals surface area contributed by atoms with Crippen molar-refractivity contribution in [3.05, 3.63) is 23.7 Å². The number of nitrogens with zero attached hydrogens (tertiary/aromatic N) is 4. The molecule has 110 valence electrons. The van der Waals surface area contributed by atoms with Crippen molar-refractivity contribution in [2.24, 2.45) is 5.73 Å². The van der Waals surface area contributed by atoms with Crippen LogP contribution in [-0.2, 0) is 17.7 Å². The van der Waals surface area contributed by atoms with Crippen LogP contribution in [0.25, 0.3) is 0 Å². The van der Waals surface area contributed by atoms with E-state index in [0.717, 1.165) is 23.3 Å². The number of nitrogens with two attached hydrogens (primary N) is 1. The summed E-state index contributed by atoms with van der Waals surface area (Å²) >= 11 is 1.56. The summed E-state index contributed by atoms with van der Waals surface area (Å²) in [5, 5.41) is 9.08. The van der Waals surface area contributed by atoms with Crippen LogP contribution < -0.4 is 5.73 Å². The molecule has 0 aromatic carbocycles. The SMILES string of the molecule is Cc1nnc(SCc2ncc(C(C)(C)C)o2)n1CCN. The Morgan fingerprint density at radius 1 is 1.35 bits per heavy atom. The maximum Gasteiger partial charge on any atom is 0.204 e. The zero-order valence-electron chi connectivity index (χ0n) is 12.4. The van der Waals surface area contributed by atoms with E-state index in [1.54, 1.807) is 18.0 Å². The predicted octanol–water partition coefficient (Wildman–Crippen LogP) is 2.12. The molecule has 6 nitrogen and oxygen atoms in total. The maximum absolute atomic E-state index is 5.76. The van der Waals surface area contributed by atoms with E-state index >= 15 is 0 Å². The first-order valence-corrected chi connectivity index (χ1v) is 7.58. The first-order chi connectivity index (χ1) is 9.41. The van der Waals surface area contributed by atoms with E-state index in [2.05, 4.69) is 36.0 Å². The average Bonchev–Trinajstić information content (AvgIpc) is 2.96. The second-order valence-corrected chi connectivity index (χ2v) is 6.57. The summed E-state index contributed by atoms with van der Waals surface area (Å²) in [6, 6.07) is 0. The molecule has 0 aliphatic rings. The Balaban J connectivity index is 2.04. The summed E-state index contributed by atoms with van der Waals surface area (Å²) in [5.41, 5.74) is 5.58. The van der Waals surface area contributed by atoms with Crippen LogP contribution in [0.1, 0.15) is 38.2 Å². The van der Waals surface area contributed by atoms with Crippen molar-refractivity contribution in [1.82, 2.24) is 19.7 Å². The Kier molecular flexibility index (Phi) is 4.49. The number of aromatic nitrogens is 4. The number of thioether (sulfide) groups is 1. The number of rotatable bonds is 5. The topological polar surface area (TPSA) is 82.8 Å². The van der Waals surface area contributed by atoms with E-state index < -0.39 is 0 Å². The van der Waals surface area contributed by atoms with Crippen LogP contribution in [-0.4, -0.2) is 26.3 Å². The molecule has 0 unspecified atom stereocenters. The van der Waals surface area contributed by atoms with Crippen molar-refractivity contribution >= 4 is 11.8 Å². The second-order valence-electron chi connectivity index (χ2n) is 5.63. The predicted molar refractivity (Wildman–Crippen MR) is 78.6 cm³/mol.